The topological polar surface area (TPSA) is 177 Å². The van der Waals surface area contributed by atoms with Gasteiger partial charge in [-0.3, -0.25) is 19.2 Å². The van der Waals surface area contributed by atoms with Crippen molar-refractivity contribution in [2.24, 2.45) is 0 Å². The summed E-state index contributed by atoms with van der Waals surface area (Å²) in [6.07, 6.45) is 8.66. The van der Waals surface area contributed by atoms with Crippen LogP contribution in [0.5, 0.6) is 0 Å². The van der Waals surface area contributed by atoms with Gasteiger partial charge in [0.2, 0.25) is 0 Å². The monoisotopic (exact) mass is 1190 g/mol. The Balaban J connectivity index is 0.000000214. The number of allylic oxidation sites excluding steroid dienone is 4. The molecule has 1 aliphatic heterocycles. The first-order valence-electron chi connectivity index (χ1n) is 25.5. The van der Waals surface area contributed by atoms with Gasteiger partial charge in [0, 0.05) is 35.1 Å². The first-order valence-corrected chi connectivity index (χ1v) is 25.5. The summed E-state index contributed by atoms with van der Waals surface area (Å²) in [4.78, 5) is 47.0. The van der Waals surface area contributed by atoms with Crippen LogP contribution in [-0.2, 0) is 0 Å². The van der Waals surface area contributed by atoms with Crippen LogP contribution in [0, 0.1) is 49.4 Å². The molecule has 0 atom stereocenters. The second-order valence-corrected chi connectivity index (χ2v) is 19.4. The van der Waals surface area contributed by atoms with E-state index in [1.165, 1.54) is 19.3 Å². The van der Waals surface area contributed by atoms with Gasteiger partial charge in [-0.25, -0.2) is 0 Å². The molecular formula is C69H64EuNO8. The number of piperidine rings is 1. The summed E-state index contributed by atoms with van der Waals surface area (Å²) in [6, 6.07) is 70.0. The number of hydrogen-bond acceptors (Lipinski definition) is 8. The Bertz CT molecular complexity index is 2810. The van der Waals surface area contributed by atoms with Crippen molar-refractivity contribution in [1.82, 2.24) is 0 Å². The van der Waals surface area contributed by atoms with Gasteiger partial charge in [0.25, 0.3) is 0 Å². The van der Waals surface area contributed by atoms with Crippen molar-refractivity contribution in [2.75, 3.05) is 0 Å². The van der Waals surface area contributed by atoms with Gasteiger partial charge in [0.15, 0.2) is 23.1 Å². The fourth-order valence-electron chi connectivity index (χ4n) is 8.16. The molecule has 0 bridgehead atoms. The Morgan fingerprint density at radius 3 is 0.595 bits per heavy atom. The summed E-state index contributed by atoms with van der Waals surface area (Å²) in [5, 5.41) is 49.5. The molecule has 9 rings (SSSR count). The summed E-state index contributed by atoms with van der Waals surface area (Å²) in [7, 11) is 0. The fourth-order valence-corrected chi connectivity index (χ4v) is 8.16. The second kappa shape index (κ2) is 33.4. The fraction of sp³-hybridized carbons (Fsp3) is 0.130. The molecule has 8 aromatic carbocycles. The molecule has 1 saturated heterocycles. The van der Waals surface area contributed by atoms with Crippen LogP contribution in [0.15, 0.2) is 267 Å². The summed E-state index contributed by atoms with van der Waals surface area (Å²) >= 11 is 0. The van der Waals surface area contributed by atoms with Crippen molar-refractivity contribution >= 4 is 46.2 Å². The maximum absolute atomic E-state index is 11.8. The number of ketones is 4. The Labute approximate surface area is 505 Å². The molecule has 8 aromatic rings. The van der Waals surface area contributed by atoms with Gasteiger partial charge in [0.1, 0.15) is 0 Å². The zero-order valence-electron chi connectivity index (χ0n) is 44.7. The van der Waals surface area contributed by atoms with Crippen molar-refractivity contribution in [3.05, 3.63) is 311 Å². The van der Waals surface area contributed by atoms with E-state index in [1.54, 1.807) is 194 Å². The van der Waals surface area contributed by atoms with Crippen LogP contribution in [0.2, 0.25) is 0 Å². The SMILES string of the molecule is CC1(C)CCCC(C)(C)[NH2+]1.O=C(/C=C(\[O-])c1ccccc1)c1ccccc1.O=C(/C=C(\[O-])c1ccccc1)c1ccccc1.O=C(/C=C(\[O-])c1ccccc1)c1ccccc1.O=C(/C=C(\[O-])c1ccccc1)c1ccccc1.[Eu+3]. The maximum atomic E-state index is 11.8. The molecule has 2 N–H and O–H groups in total. The first kappa shape index (κ1) is 63.7. The second-order valence-electron chi connectivity index (χ2n) is 19.4. The average molecular weight is 1190 g/mol. The molecule has 1 aliphatic rings. The van der Waals surface area contributed by atoms with E-state index in [4.69, 9.17) is 0 Å². The molecule has 9 nitrogen and oxygen atoms in total. The maximum Gasteiger partial charge on any atom is 3.00 e. The van der Waals surface area contributed by atoms with Gasteiger partial charge in [-0.05, 0) is 80.7 Å². The van der Waals surface area contributed by atoms with E-state index in [0.29, 0.717) is 55.6 Å². The third-order valence-corrected chi connectivity index (χ3v) is 11.9. The molecule has 1 heterocycles. The summed E-state index contributed by atoms with van der Waals surface area (Å²) in [5.74, 6) is -2.12. The third-order valence-electron chi connectivity index (χ3n) is 11.9. The summed E-state index contributed by atoms with van der Waals surface area (Å²) in [5.41, 5.74) is 5.17. The number of nitrogens with two attached hydrogens (primary N) is 1. The molecule has 0 saturated carbocycles. The first-order chi connectivity index (χ1) is 37.5. The van der Waals surface area contributed by atoms with Crippen LogP contribution in [0.25, 0.3) is 23.0 Å². The van der Waals surface area contributed by atoms with Crippen LogP contribution in [0.4, 0.5) is 0 Å². The molecular weight excluding hydrogens is 1120 g/mol. The molecule has 0 radical (unpaired) electrons. The Morgan fingerprint density at radius 1 is 0.304 bits per heavy atom. The molecule has 1 fully saturated rings. The normalized spacial score (nSPS) is 13.4. The van der Waals surface area contributed by atoms with Crippen LogP contribution in [0.3, 0.4) is 0 Å². The molecule has 0 aromatic heterocycles. The van der Waals surface area contributed by atoms with Gasteiger partial charge in [0.05, 0.1) is 11.1 Å². The minimum Gasteiger partial charge on any atom is -0.872 e. The van der Waals surface area contributed by atoms with E-state index in [2.05, 4.69) is 33.0 Å². The molecule has 0 aliphatic carbocycles. The summed E-state index contributed by atoms with van der Waals surface area (Å²) in [6.45, 7) is 9.36. The largest absolute Gasteiger partial charge is 3.00 e. The Morgan fingerprint density at radius 2 is 0.456 bits per heavy atom. The smallest absolute Gasteiger partial charge is 0.872 e. The van der Waals surface area contributed by atoms with Crippen LogP contribution in [-0.4, -0.2) is 34.2 Å². The van der Waals surface area contributed by atoms with E-state index < -0.39 is 0 Å². The number of hydrogen-bond donors (Lipinski definition) is 1. The van der Waals surface area contributed by atoms with Crippen molar-refractivity contribution in [2.45, 2.75) is 58.0 Å². The third kappa shape index (κ3) is 23.3. The number of benzene rings is 8. The predicted molar refractivity (Wildman–Crippen MR) is 305 cm³/mol. The van der Waals surface area contributed by atoms with Gasteiger partial charge >= 0.3 is 49.4 Å². The zero-order valence-corrected chi connectivity index (χ0v) is 47.2. The van der Waals surface area contributed by atoms with Crippen molar-refractivity contribution in [1.29, 1.82) is 0 Å². The van der Waals surface area contributed by atoms with E-state index >= 15 is 0 Å². The van der Waals surface area contributed by atoms with E-state index in [-0.39, 0.29) is 95.5 Å². The molecule has 0 unspecified atom stereocenters. The molecule has 0 amide bonds. The van der Waals surface area contributed by atoms with Crippen LogP contribution in [0.1, 0.15) is 111 Å². The van der Waals surface area contributed by atoms with Gasteiger partial charge in [-0.15, -0.1) is 0 Å². The van der Waals surface area contributed by atoms with E-state index in [0.717, 1.165) is 24.3 Å². The summed E-state index contributed by atoms with van der Waals surface area (Å²) < 4.78 is 0. The Kier molecular flexibility index (Phi) is 27.0. The van der Waals surface area contributed by atoms with Crippen molar-refractivity contribution < 1.29 is 94.3 Å². The molecule has 400 valence electrons. The predicted octanol–water partition coefficient (Wildman–Crippen LogP) is 10.4. The molecule has 0 spiro atoms. The van der Waals surface area contributed by atoms with Crippen molar-refractivity contribution in [3.63, 3.8) is 0 Å². The van der Waals surface area contributed by atoms with Gasteiger partial charge < -0.3 is 25.7 Å². The van der Waals surface area contributed by atoms with Gasteiger partial charge in [-0.1, -0.05) is 266 Å². The average Bonchev–Trinajstić information content (AvgIpc) is 3.47. The van der Waals surface area contributed by atoms with Crippen LogP contribution >= 0.6 is 0 Å². The standard InChI is InChI=1S/4C15H12O2.C9H19N.Eu/c4*16-14(12-7-3-1-4-8-12)11-15(17)13-9-5-2-6-10-13;1-8(2)6-5-7-9(3,4)10-8;/h4*1-11,16H;10H,5-7H2,1-4H3;/q;;;;;+3/p-3/b4*14-11-;;. The number of quaternary nitrogens is 1. The Hall–Kier alpha value is -7.86. The number of carbonyl (C=O) groups excluding carboxylic acids is 4. The number of carbonyl (C=O) groups is 4. The van der Waals surface area contributed by atoms with Gasteiger partial charge in [-0.2, -0.15) is 0 Å². The van der Waals surface area contributed by atoms with E-state index in [1.807, 2.05) is 48.5 Å². The molecule has 79 heavy (non-hydrogen) atoms. The quantitative estimate of drug-likeness (QED) is 0.0714. The zero-order chi connectivity index (χ0) is 56.2. The van der Waals surface area contributed by atoms with Crippen molar-refractivity contribution in [3.8, 4) is 0 Å². The number of rotatable bonds is 12. The molecule has 10 heteroatoms. The van der Waals surface area contributed by atoms with E-state index in [9.17, 15) is 39.6 Å². The van der Waals surface area contributed by atoms with Crippen LogP contribution < -0.4 is 25.7 Å². The minimum absolute atomic E-state index is 0. The minimum atomic E-state index is -0.264.